The Morgan fingerprint density at radius 2 is 2.07 bits per heavy atom. The molecule has 0 aliphatic carbocycles. The Bertz CT molecular complexity index is 239. The van der Waals surface area contributed by atoms with E-state index in [-0.39, 0.29) is 5.78 Å². The maximum atomic E-state index is 11.2. The molecule has 0 rings (SSSR count). The van der Waals surface area contributed by atoms with Gasteiger partial charge in [0.15, 0.2) is 0 Å². The Labute approximate surface area is 86.2 Å². The summed E-state index contributed by atoms with van der Waals surface area (Å²) in [6.07, 6.45) is 9.45. The van der Waals surface area contributed by atoms with Crippen molar-refractivity contribution < 1.29 is 4.79 Å². The van der Waals surface area contributed by atoms with E-state index in [4.69, 9.17) is 5.73 Å². The van der Waals surface area contributed by atoms with Crippen LogP contribution in [0, 0.1) is 0 Å². The summed E-state index contributed by atoms with van der Waals surface area (Å²) in [4.78, 5) is 11.2. The zero-order valence-electron chi connectivity index (χ0n) is 8.83. The van der Waals surface area contributed by atoms with E-state index in [0.29, 0.717) is 19.4 Å². The van der Waals surface area contributed by atoms with Gasteiger partial charge in [0.1, 0.15) is 5.78 Å². The normalized spacial score (nSPS) is 12.0. The summed E-state index contributed by atoms with van der Waals surface area (Å²) in [5.74, 6) is 0.229. The number of nitrogens with two attached hydrogens (primary N) is 1. The molecular formula is C12H19NO. The minimum Gasteiger partial charge on any atom is -0.330 e. The van der Waals surface area contributed by atoms with E-state index in [1.54, 1.807) is 6.08 Å². The topological polar surface area (TPSA) is 43.1 Å². The number of Topliss-reactive ketones (excluding diaryl/α,β-unsaturated/α-hetero) is 1. The van der Waals surface area contributed by atoms with Crippen LogP contribution in [0.2, 0.25) is 0 Å². The molecule has 0 aromatic carbocycles. The molecule has 0 bridgehead atoms. The average molecular weight is 193 g/mol. The highest BCUT2D eigenvalue weighted by Gasteiger charge is 2.00. The van der Waals surface area contributed by atoms with Crippen molar-refractivity contribution in [3.05, 3.63) is 36.5 Å². The van der Waals surface area contributed by atoms with Crippen LogP contribution < -0.4 is 5.73 Å². The molecule has 0 spiro atoms. The molecule has 2 nitrogen and oxygen atoms in total. The molecule has 0 fully saturated rings. The van der Waals surface area contributed by atoms with Crippen molar-refractivity contribution in [3.8, 4) is 0 Å². The largest absolute Gasteiger partial charge is 0.330 e. The molecule has 0 aromatic heterocycles. The third-order valence-corrected chi connectivity index (χ3v) is 1.83. The number of hydrogen-bond acceptors (Lipinski definition) is 2. The second-order valence-electron chi connectivity index (χ2n) is 3.05. The summed E-state index contributed by atoms with van der Waals surface area (Å²) in [6, 6.07) is 0. The Morgan fingerprint density at radius 1 is 1.36 bits per heavy atom. The molecule has 0 aromatic rings. The fourth-order valence-corrected chi connectivity index (χ4v) is 1.16. The minimum absolute atomic E-state index is 0.229. The lowest BCUT2D eigenvalue weighted by molar-refractivity contribution is -0.118. The highest BCUT2D eigenvalue weighted by Crippen LogP contribution is 2.08. The van der Waals surface area contributed by atoms with Crippen LogP contribution in [0.5, 0.6) is 0 Å². The number of carbonyl (C=O) groups excluding carboxylic acids is 1. The van der Waals surface area contributed by atoms with Crippen LogP contribution in [0.3, 0.4) is 0 Å². The van der Waals surface area contributed by atoms with E-state index < -0.39 is 0 Å². The maximum Gasteiger partial charge on any atom is 0.134 e. The number of rotatable bonds is 7. The van der Waals surface area contributed by atoms with Gasteiger partial charge >= 0.3 is 0 Å². The molecule has 2 N–H and O–H groups in total. The van der Waals surface area contributed by atoms with Crippen LogP contribution in [0.25, 0.3) is 0 Å². The molecule has 0 aliphatic heterocycles. The van der Waals surface area contributed by atoms with E-state index in [1.807, 2.05) is 25.2 Å². The van der Waals surface area contributed by atoms with Crippen LogP contribution in [-0.2, 0) is 4.79 Å². The van der Waals surface area contributed by atoms with Gasteiger partial charge in [-0.15, -0.1) is 0 Å². The van der Waals surface area contributed by atoms with Gasteiger partial charge in [0, 0.05) is 12.8 Å². The van der Waals surface area contributed by atoms with Crippen molar-refractivity contribution in [1.29, 1.82) is 0 Å². The van der Waals surface area contributed by atoms with Gasteiger partial charge in [-0.05, 0) is 25.5 Å². The lowest BCUT2D eigenvalue weighted by Crippen LogP contribution is -2.07. The Balaban J connectivity index is 4.00. The first-order valence-electron chi connectivity index (χ1n) is 4.90. The van der Waals surface area contributed by atoms with E-state index in [9.17, 15) is 4.79 Å². The van der Waals surface area contributed by atoms with Gasteiger partial charge < -0.3 is 5.73 Å². The number of allylic oxidation sites excluding steroid dienone is 5. The van der Waals surface area contributed by atoms with Gasteiger partial charge in [-0.3, -0.25) is 4.79 Å². The van der Waals surface area contributed by atoms with Crippen LogP contribution in [0.4, 0.5) is 0 Å². The zero-order valence-corrected chi connectivity index (χ0v) is 8.83. The second-order valence-corrected chi connectivity index (χ2v) is 3.05. The minimum atomic E-state index is 0.229. The quantitative estimate of drug-likeness (QED) is 0.631. The smallest absolute Gasteiger partial charge is 0.134 e. The van der Waals surface area contributed by atoms with Crippen molar-refractivity contribution in [1.82, 2.24) is 0 Å². The molecule has 2 heteroatoms. The lowest BCUT2D eigenvalue weighted by atomic mass is 10.1. The molecule has 0 heterocycles. The van der Waals surface area contributed by atoms with Crippen molar-refractivity contribution in [3.63, 3.8) is 0 Å². The fraction of sp³-hybridized carbons (Fsp3) is 0.417. The summed E-state index contributed by atoms with van der Waals surface area (Å²) >= 11 is 0. The summed E-state index contributed by atoms with van der Waals surface area (Å²) in [7, 11) is 0. The summed E-state index contributed by atoms with van der Waals surface area (Å²) in [5, 5.41) is 0. The molecule has 0 atom stereocenters. The first kappa shape index (κ1) is 12.8. The van der Waals surface area contributed by atoms with Crippen LogP contribution in [0.15, 0.2) is 36.5 Å². The van der Waals surface area contributed by atoms with Crippen LogP contribution in [-0.4, -0.2) is 12.3 Å². The highest BCUT2D eigenvalue weighted by molar-refractivity contribution is 5.78. The lowest BCUT2D eigenvalue weighted by Gasteiger charge is -2.00. The molecule has 0 unspecified atom stereocenters. The second kappa shape index (κ2) is 8.45. The molecule has 14 heavy (non-hydrogen) atoms. The average Bonchev–Trinajstić information content (AvgIpc) is 2.15. The molecule has 78 valence electrons. The molecule has 0 saturated carbocycles. The Kier molecular flexibility index (Phi) is 7.75. The standard InChI is InChI=1S/C12H19NO/c1-3-5-11(6-4-2)7-8-12(14)9-10-13/h3-6H,1,7-10,13H2,2H3/b6-4-,11-5+. The Morgan fingerprint density at radius 3 is 2.57 bits per heavy atom. The fourth-order valence-electron chi connectivity index (χ4n) is 1.16. The van der Waals surface area contributed by atoms with Crippen molar-refractivity contribution in [2.75, 3.05) is 6.54 Å². The van der Waals surface area contributed by atoms with Crippen molar-refractivity contribution in [2.24, 2.45) is 5.73 Å². The molecule has 0 aliphatic rings. The molecule has 0 saturated heterocycles. The third kappa shape index (κ3) is 6.38. The summed E-state index contributed by atoms with van der Waals surface area (Å²) in [5.41, 5.74) is 6.42. The zero-order chi connectivity index (χ0) is 10.8. The SMILES string of the molecule is C=C/C=C(\C=C/C)CCC(=O)CCN. The monoisotopic (exact) mass is 193 g/mol. The van der Waals surface area contributed by atoms with E-state index >= 15 is 0 Å². The first-order valence-corrected chi connectivity index (χ1v) is 4.90. The van der Waals surface area contributed by atoms with Gasteiger partial charge in [0.2, 0.25) is 0 Å². The van der Waals surface area contributed by atoms with E-state index in [2.05, 4.69) is 6.58 Å². The van der Waals surface area contributed by atoms with Gasteiger partial charge in [0.05, 0.1) is 0 Å². The number of ketones is 1. The predicted molar refractivity (Wildman–Crippen MR) is 61.0 cm³/mol. The van der Waals surface area contributed by atoms with Crippen LogP contribution >= 0.6 is 0 Å². The van der Waals surface area contributed by atoms with Crippen molar-refractivity contribution in [2.45, 2.75) is 26.2 Å². The van der Waals surface area contributed by atoms with E-state index in [1.165, 1.54) is 0 Å². The van der Waals surface area contributed by atoms with Gasteiger partial charge in [-0.25, -0.2) is 0 Å². The van der Waals surface area contributed by atoms with E-state index in [0.717, 1.165) is 12.0 Å². The van der Waals surface area contributed by atoms with Crippen molar-refractivity contribution >= 4 is 5.78 Å². The summed E-state index contributed by atoms with van der Waals surface area (Å²) in [6.45, 7) is 6.04. The third-order valence-electron chi connectivity index (χ3n) is 1.83. The molecule has 0 radical (unpaired) electrons. The van der Waals surface area contributed by atoms with Gasteiger partial charge in [-0.1, -0.05) is 30.9 Å². The first-order chi connectivity index (χ1) is 6.74. The number of hydrogen-bond donors (Lipinski definition) is 1. The van der Waals surface area contributed by atoms with Gasteiger partial charge in [-0.2, -0.15) is 0 Å². The molecule has 0 amide bonds. The highest BCUT2D eigenvalue weighted by atomic mass is 16.1. The maximum absolute atomic E-state index is 11.2. The van der Waals surface area contributed by atoms with Gasteiger partial charge in [0.25, 0.3) is 0 Å². The number of carbonyl (C=O) groups is 1. The van der Waals surface area contributed by atoms with Crippen LogP contribution in [0.1, 0.15) is 26.2 Å². The molecular weight excluding hydrogens is 174 g/mol. The summed E-state index contributed by atoms with van der Waals surface area (Å²) < 4.78 is 0. The Hall–Kier alpha value is -1.15. The predicted octanol–water partition coefficient (Wildman–Crippen LogP) is 2.37.